The Morgan fingerprint density at radius 1 is 1.00 bits per heavy atom. The molecule has 0 radical (unpaired) electrons. The standard InChI is InChI=1S/C12H16BrClO2/c13-7-1-2-8-15-9-10-16-12-5-3-11(14)4-6-12/h3-6H,1-2,7-10H2. The number of ether oxygens (including phenoxy) is 2. The molecule has 0 amide bonds. The molecule has 1 aromatic carbocycles. The van der Waals surface area contributed by atoms with Crippen molar-refractivity contribution in [2.75, 3.05) is 25.2 Å². The Kier molecular flexibility index (Phi) is 7.64. The summed E-state index contributed by atoms with van der Waals surface area (Å²) in [7, 11) is 0. The molecular formula is C12H16BrClO2. The number of hydrogen-bond donors (Lipinski definition) is 0. The van der Waals surface area contributed by atoms with E-state index in [9.17, 15) is 0 Å². The van der Waals surface area contributed by atoms with E-state index in [0.29, 0.717) is 13.2 Å². The summed E-state index contributed by atoms with van der Waals surface area (Å²) < 4.78 is 10.9. The molecule has 0 atom stereocenters. The van der Waals surface area contributed by atoms with Crippen molar-refractivity contribution >= 4 is 27.5 Å². The maximum atomic E-state index is 5.76. The summed E-state index contributed by atoms with van der Waals surface area (Å²) in [6.07, 6.45) is 2.24. The van der Waals surface area contributed by atoms with Crippen molar-refractivity contribution in [1.82, 2.24) is 0 Å². The number of rotatable bonds is 8. The lowest BCUT2D eigenvalue weighted by atomic mass is 10.3. The maximum Gasteiger partial charge on any atom is 0.119 e. The highest BCUT2D eigenvalue weighted by molar-refractivity contribution is 9.09. The van der Waals surface area contributed by atoms with Crippen LogP contribution >= 0.6 is 27.5 Å². The lowest BCUT2D eigenvalue weighted by molar-refractivity contribution is 0.0982. The van der Waals surface area contributed by atoms with Crippen molar-refractivity contribution in [2.45, 2.75) is 12.8 Å². The first-order valence-electron chi connectivity index (χ1n) is 5.35. The molecule has 1 aromatic rings. The van der Waals surface area contributed by atoms with Crippen molar-refractivity contribution in [1.29, 1.82) is 0 Å². The molecule has 0 N–H and O–H groups in total. The summed E-state index contributed by atoms with van der Waals surface area (Å²) in [6, 6.07) is 7.34. The van der Waals surface area contributed by atoms with Gasteiger partial charge in [-0.25, -0.2) is 0 Å². The largest absolute Gasteiger partial charge is 0.491 e. The highest BCUT2D eigenvalue weighted by Crippen LogP contribution is 2.15. The Bertz CT molecular complexity index is 277. The molecule has 16 heavy (non-hydrogen) atoms. The van der Waals surface area contributed by atoms with Crippen LogP contribution in [-0.4, -0.2) is 25.2 Å². The van der Waals surface area contributed by atoms with Crippen LogP contribution in [0.4, 0.5) is 0 Å². The van der Waals surface area contributed by atoms with E-state index in [1.54, 1.807) is 0 Å². The van der Waals surface area contributed by atoms with Crippen LogP contribution in [0.5, 0.6) is 5.75 Å². The smallest absolute Gasteiger partial charge is 0.119 e. The van der Waals surface area contributed by atoms with Crippen molar-refractivity contribution < 1.29 is 9.47 Å². The van der Waals surface area contributed by atoms with E-state index in [0.717, 1.165) is 35.6 Å². The average Bonchev–Trinajstić information content (AvgIpc) is 2.30. The molecule has 0 saturated carbocycles. The van der Waals surface area contributed by atoms with Gasteiger partial charge in [0.1, 0.15) is 12.4 Å². The van der Waals surface area contributed by atoms with Crippen LogP contribution in [0.15, 0.2) is 24.3 Å². The Morgan fingerprint density at radius 2 is 1.75 bits per heavy atom. The molecule has 0 aromatic heterocycles. The van der Waals surface area contributed by atoms with Crippen LogP contribution in [0.3, 0.4) is 0 Å². The average molecular weight is 308 g/mol. The van der Waals surface area contributed by atoms with E-state index >= 15 is 0 Å². The minimum absolute atomic E-state index is 0.579. The zero-order valence-electron chi connectivity index (χ0n) is 9.12. The SMILES string of the molecule is Clc1ccc(OCCOCCCCBr)cc1. The third-order valence-electron chi connectivity index (χ3n) is 1.98. The third kappa shape index (κ3) is 6.36. The fourth-order valence-electron chi connectivity index (χ4n) is 1.15. The molecule has 90 valence electrons. The molecule has 0 spiro atoms. The van der Waals surface area contributed by atoms with E-state index in [1.807, 2.05) is 24.3 Å². The fraction of sp³-hybridized carbons (Fsp3) is 0.500. The van der Waals surface area contributed by atoms with Crippen molar-refractivity contribution in [3.63, 3.8) is 0 Å². The second-order valence-electron chi connectivity index (χ2n) is 3.31. The quantitative estimate of drug-likeness (QED) is 0.535. The van der Waals surface area contributed by atoms with Gasteiger partial charge in [0.2, 0.25) is 0 Å². The van der Waals surface area contributed by atoms with E-state index in [4.69, 9.17) is 21.1 Å². The fourth-order valence-corrected chi connectivity index (χ4v) is 1.67. The molecule has 0 fully saturated rings. The number of benzene rings is 1. The topological polar surface area (TPSA) is 18.5 Å². The van der Waals surface area contributed by atoms with Crippen molar-refractivity contribution in [2.24, 2.45) is 0 Å². The second-order valence-corrected chi connectivity index (χ2v) is 4.54. The zero-order chi connectivity index (χ0) is 11.6. The first-order chi connectivity index (χ1) is 7.83. The van der Waals surface area contributed by atoms with Gasteiger partial charge in [0, 0.05) is 17.0 Å². The summed E-state index contributed by atoms with van der Waals surface area (Å²) in [5, 5.41) is 1.76. The first kappa shape index (κ1) is 13.8. The summed E-state index contributed by atoms with van der Waals surface area (Å²) in [6.45, 7) is 2.01. The van der Waals surface area contributed by atoms with Crippen LogP contribution in [0.2, 0.25) is 5.02 Å². The predicted octanol–water partition coefficient (Wildman–Crippen LogP) is 3.91. The Hall–Kier alpha value is -0.250. The maximum absolute atomic E-state index is 5.76. The first-order valence-corrected chi connectivity index (χ1v) is 6.85. The van der Waals surface area contributed by atoms with Gasteiger partial charge in [-0.1, -0.05) is 27.5 Å². The number of alkyl halides is 1. The molecule has 0 unspecified atom stereocenters. The van der Waals surface area contributed by atoms with E-state index < -0.39 is 0 Å². The Balaban J connectivity index is 2.01. The number of hydrogen-bond acceptors (Lipinski definition) is 2. The summed E-state index contributed by atoms with van der Waals surface area (Å²) in [5.74, 6) is 0.827. The van der Waals surface area contributed by atoms with Crippen LogP contribution in [0, 0.1) is 0 Å². The molecule has 0 saturated heterocycles. The van der Waals surface area contributed by atoms with Gasteiger partial charge in [-0.2, -0.15) is 0 Å². The number of halogens is 2. The third-order valence-corrected chi connectivity index (χ3v) is 2.80. The second kappa shape index (κ2) is 8.85. The van der Waals surface area contributed by atoms with Gasteiger partial charge in [0.05, 0.1) is 6.61 Å². The summed E-state index contributed by atoms with van der Waals surface area (Å²) >= 11 is 9.14. The zero-order valence-corrected chi connectivity index (χ0v) is 11.5. The molecule has 0 bridgehead atoms. The normalized spacial score (nSPS) is 10.4. The van der Waals surface area contributed by atoms with Gasteiger partial charge >= 0.3 is 0 Å². The van der Waals surface area contributed by atoms with E-state index in [-0.39, 0.29) is 0 Å². The van der Waals surface area contributed by atoms with Crippen LogP contribution < -0.4 is 4.74 Å². The van der Waals surface area contributed by atoms with Crippen LogP contribution in [-0.2, 0) is 4.74 Å². The molecule has 4 heteroatoms. The highest BCUT2D eigenvalue weighted by Gasteiger charge is 1.94. The van der Waals surface area contributed by atoms with E-state index in [1.165, 1.54) is 0 Å². The molecule has 2 nitrogen and oxygen atoms in total. The molecule has 0 heterocycles. The van der Waals surface area contributed by atoms with Crippen molar-refractivity contribution in [3.05, 3.63) is 29.3 Å². The lowest BCUT2D eigenvalue weighted by Crippen LogP contribution is -2.07. The predicted molar refractivity (Wildman–Crippen MR) is 70.8 cm³/mol. The van der Waals surface area contributed by atoms with Crippen LogP contribution in [0.25, 0.3) is 0 Å². The minimum atomic E-state index is 0.579. The summed E-state index contributed by atoms with van der Waals surface area (Å²) in [5.41, 5.74) is 0. The highest BCUT2D eigenvalue weighted by atomic mass is 79.9. The van der Waals surface area contributed by atoms with E-state index in [2.05, 4.69) is 15.9 Å². The Morgan fingerprint density at radius 3 is 2.44 bits per heavy atom. The van der Waals surface area contributed by atoms with Gasteiger partial charge in [0.25, 0.3) is 0 Å². The minimum Gasteiger partial charge on any atom is -0.491 e. The Labute approximate surface area is 110 Å². The molecule has 0 aliphatic rings. The van der Waals surface area contributed by atoms with Crippen molar-refractivity contribution in [3.8, 4) is 5.75 Å². The van der Waals surface area contributed by atoms with Crippen LogP contribution in [0.1, 0.15) is 12.8 Å². The molecule has 0 aliphatic heterocycles. The lowest BCUT2D eigenvalue weighted by Gasteiger charge is -2.06. The molecule has 0 aliphatic carbocycles. The monoisotopic (exact) mass is 306 g/mol. The van der Waals surface area contributed by atoms with Gasteiger partial charge < -0.3 is 9.47 Å². The molecule has 1 rings (SSSR count). The van der Waals surface area contributed by atoms with Gasteiger partial charge in [-0.05, 0) is 37.1 Å². The number of unbranched alkanes of at least 4 members (excludes halogenated alkanes) is 1. The summed E-state index contributed by atoms with van der Waals surface area (Å²) in [4.78, 5) is 0. The van der Waals surface area contributed by atoms with Gasteiger partial charge in [-0.3, -0.25) is 0 Å². The van der Waals surface area contributed by atoms with Gasteiger partial charge in [0.15, 0.2) is 0 Å². The van der Waals surface area contributed by atoms with Gasteiger partial charge in [-0.15, -0.1) is 0 Å². The molecular weight excluding hydrogens is 291 g/mol.